The van der Waals surface area contributed by atoms with Crippen LogP contribution < -0.4 is 15.5 Å². The molecule has 0 aliphatic carbocycles. The van der Waals surface area contributed by atoms with Crippen LogP contribution in [0.15, 0.2) is 72.9 Å². The van der Waals surface area contributed by atoms with Gasteiger partial charge in [-0.2, -0.15) is 0 Å². The summed E-state index contributed by atoms with van der Waals surface area (Å²) in [5.74, 6) is 0.900. The number of anilines is 2. The van der Waals surface area contributed by atoms with Gasteiger partial charge < -0.3 is 15.5 Å². The molecule has 0 bridgehead atoms. The summed E-state index contributed by atoms with van der Waals surface area (Å²) >= 11 is 0. The third-order valence-electron chi connectivity index (χ3n) is 5.72. The highest BCUT2D eigenvalue weighted by atomic mass is 16.2. The van der Waals surface area contributed by atoms with Gasteiger partial charge in [-0.3, -0.25) is 4.79 Å². The average Bonchev–Trinajstić information content (AvgIpc) is 3.34. The quantitative estimate of drug-likeness (QED) is 0.570. The van der Waals surface area contributed by atoms with Crippen molar-refractivity contribution in [1.29, 1.82) is 0 Å². The maximum absolute atomic E-state index is 13.1. The summed E-state index contributed by atoms with van der Waals surface area (Å²) in [6, 6.07) is 21.9. The van der Waals surface area contributed by atoms with Gasteiger partial charge in [-0.05, 0) is 49.4 Å². The predicted molar refractivity (Wildman–Crippen MR) is 126 cm³/mol. The fraction of sp³-hybridized carbons (Fsp3) is 0.308. The Balaban J connectivity index is 1.40. The first-order chi connectivity index (χ1) is 15.2. The Morgan fingerprint density at radius 2 is 1.74 bits per heavy atom. The molecule has 1 aliphatic heterocycles. The molecule has 5 nitrogen and oxygen atoms in total. The summed E-state index contributed by atoms with van der Waals surface area (Å²) in [7, 11) is 0. The number of hydrogen-bond acceptors (Lipinski definition) is 4. The van der Waals surface area contributed by atoms with Crippen molar-refractivity contribution in [3.63, 3.8) is 0 Å². The van der Waals surface area contributed by atoms with Gasteiger partial charge in [0.05, 0.1) is 11.9 Å². The van der Waals surface area contributed by atoms with Gasteiger partial charge in [0.1, 0.15) is 11.9 Å². The minimum absolute atomic E-state index is 0.0779. The maximum atomic E-state index is 13.1. The Bertz CT molecular complexity index is 965. The highest BCUT2D eigenvalue weighted by molar-refractivity contribution is 5.95. The largest absolute Gasteiger partial charge is 0.357 e. The van der Waals surface area contributed by atoms with E-state index in [0.717, 1.165) is 30.9 Å². The van der Waals surface area contributed by atoms with Crippen LogP contribution in [-0.4, -0.2) is 30.5 Å². The minimum atomic E-state index is -0.426. The zero-order valence-corrected chi connectivity index (χ0v) is 18.1. The number of aromatic nitrogens is 1. The van der Waals surface area contributed by atoms with E-state index in [9.17, 15) is 4.79 Å². The van der Waals surface area contributed by atoms with Gasteiger partial charge in [-0.25, -0.2) is 4.98 Å². The van der Waals surface area contributed by atoms with Gasteiger partial charge in [-0.1, -0.05) is 60.2 Å². The Hall–Kier alpha value is -3.18. The van der Waals surface area contributed by atoms with Gasteiger partial charge >= 0.3 is 0 Å². The molecule has 160 valence electrons. The summed E-state index contributed by atoms with van der Waals surface area (Å²) in [4.78, 5) is 20.0. The van der Waals surface area contributed by atoms with Crippen molar-refractivity contribution >= 4 is 17.4 Å². The van der Waals surface area contributed by atoms with Crippen LogP contribution in [0, 0.1) is 6.92 Å². The van der Waals surface area contributed by atoms with E-state index in [4.69, 9.17) is 0 Å². The molecule has 1 amide bonds. The van der Waals surface area contributed by atoms with Gasteiger partial charge in [-0.15, -0.1) is 0 Å². The van der Waals surface area contributed by atoms with Crippen molar-refractivity contribution in [3.05, 3.63) is 89.6 Å². The molecule has 0 radical (unpaired) electrons. The molecule has 31 heavy (non-hydrogen) atoms. The number of nitrogens with zero attached hydrogens (tertiary/aromatic N) is 2. The Kier molecular flexibility index (Phi) is 6.95. The van der Waals surface area contributed by atoms with Crippen LogP contribution in [0.25, 0.3) is 0 Å². The van der Waals surface area contributed by atoms with Crippen LogP contribution in [0.4, 0.5) is 11.5 Å². The molecular weight excluding hydrogens is 384 g/mol. The third-order valence-corrected chi connectivity index (χ3v) is 5.72. The van der Waals surface area contributed by atoms with Crippen LogP contribution in [0.3, 0.4) is 0 Å². The van der Waals surface area contributed by atoms with E-state index in [1.807, 2.05) is 42.5 Å². The minimum Gasteiger partial charge on any atom is -0.357 e. The summed E-state index contributed by atoms with van der Waals surface area (Å²) in [6.07, 6.45) is 5.04. The lowest BCUT2D eigenvalue weighted by atomic mass is 10.0. The van der Waals surface area contributed by atoms with Crippen LogP contribution in [0.2, 0.25) is 0 Å². The maximum Gasteiger partial charge on any atom is 0.246 e. The molecular formula is C26H30N4O. The smallest absolute Gasteiger partial charge is 0.246 e. The van der Waals surface area contributed by atoms with E-state index < -0.39 is 6.04 Å². The molecule has 2 N–H and O–H groups in total. The highest BCUT2D eigenvalue weighted by Crippen LogP contribution is 2.20. The number of pyridine rings is 1. The molecule has 1 aromatic heterocycles. The van der Waals surface area contributed by atoms with Gasteiger partial charge in [0.25, 0.3) is 0 Å². The fourth-order valence-electron chi connectivity index (χ4n) is 3.93. The van der Waals surface area contributed by atoms with E-state index in [0.29, 0.717) is 12.2 Å². The first-order valence-electron chi connectivity index (χ1n) is 11.0. The molecule has 5 heteroatoms. The normalized spacial score (nSPS) is 14.4. The molecule has 1 aliphatic rings. The van der Waals surface area contributed by atoms with Crippen LogP contribution in [0.1, 0.15) is 35.6 Å². The lowest BCUT2D eigenvalue weighted by molar-refractivity contribution is -0.118. The lowest BCUT2D eigenvalue weighted by Crippen LogP contribution is -2.34. The number of nitrogens with one attached hydrogen (secondary N) is 2. The topological polar surface area (TPSA) is 57.3 Å². The molecule has 3 aromatic rings. The number of benzene rings is 2. The summed E-state index contributed by atoms with van der Waals surface area (Å²) in [5.41, 5.74) is 4.18. The zero-order valence-electron chi connectivity index (χ0n) is 18.1. The number of carbonyl (C=O) groups excluding carboxylic acids is 1. The summed E-state index contributed by atoms with van der Waals surface area (Å²) in [5, 5.41) is 6.47. The zero-order chi connectivity index (χ0) is 21.5. The third kappa shape index (κ3) is 5.70. The highest BCUT2D eigenvalue weighted by Gasteiger charge is 2.20. The van der Waals surface area contributed by atoms with Crippen LogP contribution in [-0.2, 0) is 11.2 Å². The standard InChI is InChI=1S/C26H30N4O/c1-20-9-11-21(12-10-20)15-16-27-25(22-7-3-2-4-8-22)26(31)29-23-13-14-24(28-19-23)30-17-5-6-18-30/h2-4,7-14,19,25,27H,5-6,15-18H2,1H3,(H,29,31)/t25-/m1/s1. The molecule has 1 atom stereocenters. The predicted octanol–water partition coefficient (Wildman–Crippen LogP) is 4.50. The van der Waals surface area contributed by atoms with Crippen LogP contribution in [0.5, 0.6) is 0 Å². The first kappa shape index (κ1) is 21.1. The number of carbonyl (C=O) groups is 1. The van der Waals surface area contributed by atoms with Crippen molar-refractivity contribution < 1.29 is 4.79 Å². The van der Waals surface area contributed by atoms with Gasteiger partial charge in [0.15, 0.2) is 0 Å². The monoisotopic (exact) mass is 414 g/mol. The second-order valence-corrected chi connectivity index (χ2v) is 8.12. The molecule has 2 aromatic carbocycles. The second-order valence-electron chi connectivity index (χ2n) is 8.12. The van der Waals surface area contributed by atoms with E-state index in [2.05, 4.69) is 51.7 Å². The Morgan fingerprint density at radius 3 is 2.42 bits per heavy atom. The lowest BCUT2D eigenvalue weighted by Gasteiger charge is -2.20. The van der Waals surface area contributed by atoms with Crippen molar-refractivity contribution in [1.82, 2.24) is 10.3 Å². The molecule has 0 saturated carbocycles. The molecule has 1 fully saturated rings. The molecule has 0 unspecified atom stereocenters. The Labute approximate surface area is 184 Å². The number of amides is 1. The van der Waals surface area contributed by atoms with Gasteiger partial charge in [0.2, 0.25) is 5.91 Å². The van der Waals surface area contributed by atoms with Crippen LogP contribution >= 0.6 is 0 Å². The molecule has 4 rings (SSSR count). The molecule has 1 saturated heterocycles. The van der Waals surface area contributed by atoms with E-state index in [-0.39, 0.29) is 5.91 Å². The van der Waals surface area contributed by atoms with Crippen molar-refractivity contribution in [3.8, 4) is 0 Å². The molecule has 0 spiro atoms. The summed E-state index contributed by atoms with van der Waals surface area (Å²) in [6.45, 7) is 4.91. The summed E-state index contributed by atoms with van der Waals surface area (Å²) < 4.78 is 0. The van der Waals surface area contributed by atoms with Crippen molar-refractivity contribution in [2.45, 2.75) is 32.2 Å². The van der Waals surface area contributed by atoms with E-state index in [1.54, 1.807) is 6.20 Å². The van der Waals surface area contributed by atoms with E-state index in [1.165, 1.54) is 24.0 Å². The average molecular weight is 415 g/mol. The molecule has 2 heterocycles. The van der Waals surface area contributed by atoms with E-state index >= 15 is 0 Å². The van der Waals surface area contributed by atoms with Crippen molar-refractivity contribution in [2.75, 3.05) is 29.9 Å². The second kappa shape index (κ2) is 10.2. The fourth-order valence-corrected chi connectivity index (χ4v) is 3.93. The Morgan fingerprint density at radius 1 is 1.00 bits per heavy atom. The van der Waals surface area contributed by atoms with Crippen molar-refractivity contribution in [2.24, 2.45) is 0 Å². The number of aryl methyl sites for hydroxylation is 1. The SMILES string of the molecule is Cc1ccc(CCN[C@@H](C(=O)Nc2ccc(N3CCCC3)nc2)c2ccccc2)cc1. The number of rotatable bonds is 8. The number of hydrogen-bond donors (Lipinski definition) is 2. The first-order valence-corrected chi connectivity index (χ1v) is 11.0. The van der Waals surface area contributed by atoms with Gasteiger partial charge in [0, 0.05) is 19.6 Å².